The summed E-state index contributed by atoms with van der Waals surface area (Å²) in [6.07, 6.45) is 1.71. The Hall–Kier alpha value is -0.650. The first-order chi connectivity index (χ1) is 10.3. The molecule has 0 bridgehead atoms. The minimum Gasteiger partial charge on any atom is -0.389 e. The van der Waals surface area contributed by atoms with Crippen LogP contribution in [0.3, 0.4) is 0 Å². The van der Waals surface area contributed by atoms with Gasteiger partial charge in [0.05, 0.1) is 19.3 Å². The molecule has 1 atom stereocenters. The van der Waals surface area contributed by atoms with E-state index in [9.17, 15) is 5.11 Å². The second-order valence-corrected chi connectivity index (χ2v) is 5.88. The van der Waals surface area contributed by atoms with Crippen molar-refractivity contribution in [2.75, 3.05) is 32.9 Å². The zero-order valence-electron chi connectivity index (χ0n) is 12.3. The summed E-state index contributed by atoms with van der Waals surface area (Å²) < 4.78 is 10.8. The highest BCUT2D eigenvalue weighted by molar-refractivity contribution is 6.31. The maximum absolute atomic E-state index is 9.88. The monoisotopic (exact) mass is 313 g/mol. The van der Waals surface area contributed by atoms with E-state index in [0.717, 1.165) is 38.2 Å². The van der Waals surface area contributed by atoms with Crippen LogP contribution >= 0.6 is 11.6 Å². The molecule has 1 aromatic rings. The van der Waals surface area contributed by atoms with Gasteiger partial charge in [-0.25, -0.2) is 0 Å². The molecular weight excluding hydrogens is 290 g/mol. The fraction of sp³-hybridized carbons (Fsp3) is 0.625. The van der Waals surface area contributed by atoms with E-state index in [1.807, 2.05) is 24.3 Å². The minimum atomic E-state index is -0.493. The predicted molar refractivity (Wildman–Crippen MR) is 83.5 cm³/mol. The van der Waals surface area contributed by atoms with Crippen molar-refractivity contribution < 1.29 is 14.6 Å². The van der Waals surface area contributed by atoms with E-state index in [1.54, 1.807) is 0 Å². The van der Waals surface area contributed by atoms with Gasteiger partial charge in [0.25, 0.3) is 0 Å². The van der Waals surface area contributed by atoms with Crippen LogP contribution in [0.4, 0.5) is 0 Å². The number of aliphatic hydroxyl groups is 1. The Kier molecular flexibility index (Phi) is 7.47. The molecule has 1 aliphatic heterocycles. The molecule has 1 saturated heterocycles. The van der Waals surface area contributed by atoms with Crippen LogP contribution in [-0.4, -0.2) is 44.1 Å². The standard InChI is InChI=1S/C16H24ClNO3/c17-16-4-2-1-3-14(16)11-21-12-15(19)10-18-9-13-5-7-20-8-6-13/h1-4,13,15,18-19H,5-12H2. The molecule has 4 nitrogen and oxygen atoms in total. The fourth-order valence-electron chi connectivity index (χ4n) is 2.38. The zero-order valence-corrected chi connectivity index (χ0v) is 13.0. The van der Waals surface area contributed by atoms with E-state index in [4.69, 9.17) is 21.1 Å². The van der Waals surface area contributed by atoms with Crippen LogP contribution < -0.4 is 5.32 Å². The number of nitrogens with one attached hydrogen (secondary N) is 1. The van der Waals surface area contributed by atoms with Crippen LogP contribution in [0.15, 0.2) is 24.3 Å². The highest BCUT2D eigenvalue weighted by Gasteiger charge is 2.14. The van der Waals surface area contributed by atoms with Gasteiger partial charge in [0, 0.05) is 24.8 Å². The van der Waals surface area contributed by atoms with E-state index in [0.29, 0.717) is 30.7 Å². The SMILES string of the molecule is OC(CNCC1CCOCC1)COCc1ccccc1Cl. The van der Waals surface area contributed by atoms with Crippen molar-refractivity contribution in [2.24, 2.45) is 5.92 Å². The molecule has 1 aromatic carbocycles. The molecule has 2 rings (SSSR count). The average molecular weight is 314 g/mol. The number of benzene rings is 1. The van der Waals surface area contributed by atoms with Gasteiger partial charge in [-0.15, -0.1) is 0 Å². The third kappa shape index (κ3) is 6.32. The fourth-order valence-corrected chi connectivity index (χ4v) is 2.57. The summed E-state index contributed by atoms with van der Waals surface area (Å²) in [7, 11) is 0. The maximum atomic E-state index is 9.88. The maximum Gasteiger partial charge on any atom is 0.0897 e. The van der Waals surface area contributed by atoms with E-state index < -0.39 is 6.10 Å². The molecule has 1 fully saturated rings. The number of hydrogen-bond donors (Lipinski definition) is 2. The summed E-state index contributed by atoms with van der Waals surface area (Å²) in [5, 5.41) is 13.9. The van der Waals surface area contributed by atoms with Gasteiger partial charge < -0.3 is 19.9 Å². The summed E-state index contributed by atoms with van der Waals surface area (Å²) in [5.41, 5.74) is 0.946. The number of ether oxygens (including phenoxy) is 2. The summed E-state index contributed by atoms with van der Waals surface area (Å²) in [5.74, 6) is 0.662. The van der Waals surface area contributed by atoms with Crippen molar-refractivity contribution in [1.82, 2.24) is 5.32 Å². The average Bonchev–Trinajstić information content (AvgIpc) is 2.50. The van der Waals surface area contributed by atoms with Crippen molar-refractivity contribution in [3.63, 3.8) is 0 Å². The lowest BCUT2D eigenvalue weighted by molar-refractivity contribution is 0.0266. The lowest BCUT2D eigenvalue weighted by Gasteiger charge is -2.23. The van der Waals surface area contributed by atoms with E-state index in [2.05, 4.69) is 5.32 Å². The van der Waals surface area contributed by atoms with Crippen LogP contribution in [-0.2, 0) is 16.1 Å². The van der Waals surface area contributed by atoms with Gasteiger partial charge in [-0.05, 0) is 36.9 Å². The van der Waals surface area contributed by atoms with Crippen molar-refractivity contribution in [2.45, 2.75) is 25.6 Å². The molecule has 1 unspecified atom stereocenters. The molecule has 118 valence electrons. The molecule has 0 aliphatic carbocycles. The van der Waals surface area contributed by atoms with Gasteiger partial charge in [-0.1, -0.05) is 29.8 Å². The number of aliphatic hydroxyl groups excluding tert-OH is 1. The Labute approximate surface area is 131 Å². The van der Waals surface area contributed by atoms with Crippen LogP contribution in [0.2, 0.25) is 5.02 Å². The summed E-state index contributed by atoms with van der Waals surface area (Å²) in [4.78, 5) is 0. The molecule has 0 aromatic heterocycles. The van der Waals surface area contributed by atoms with Crippen LogP contribution in [0, 0.1) is 5.92 Å². The zero-order chi connectivity index (χ0) is 14.9. The highest BCUT2D eigenvalue weighted by Crippen LogP contribution is 2.16. The highest BCUT2D eigenvalue weighted by atomic mass is 35.5. The molecular formula is C16H24ClNO3. The Balaban J connectivity index is 1.55. The van der Waals surface area contributed by atoms with Gasteiger partial charge in [0.15, 0.2) is 0 Å². The summed E-state index contributed by atoms with van der Waals surface area (Å²) in [6.45, 7) is 3.94. The first-order valence-corrected chi connectivity index (χ1v) is 7.91. The largest absolute Gasteiger partial charge is 0.389 e. The van der Waals surface area contributed by atoms with E-state index >= 15 is 0 Å². The smallest absolute Gasteiger partial charge is 0.0897 e. The van der Waals surface area contributed by atoms with Crippen LogP contribution in [0.5, 0.6) is 0 Å². The number of halogens is 1. The van der Waals surface area contributed by atoms with Crippen molar-refractivity contribution >= 4 is 11.6 Å². The summed E-state index contributed by atoms with van der Waals surface area (Å²) >= 11 is 6.04. The van der Waals surface area contributed by atoms with Crippen molar-refractivity contribution in [1.29, 1.82) is 0 Å². The van der Waals surface area contributed by atoms with Crippen molar-refractivity contribution in [3.05, 3.63) is 34.9 Å². The Morgan fingerprint density at radius 1 is 1.33 bits per heavy atom. The Morgan fingerprint density at radius 2 is 2.10 bits per heavy atom. The minimum absolute atomic E-state index is 0.312. The molecule has 0 amide bonds. The third-order valence-corrected chi connectivity index (χ3v) is 4.05. The first-order valence-electron chi connectivity index (χ1n) is 7.53. The van der Waals surface area contributed by atoms with E-state index in [1.165, 1.54) is 0 Å². The number of rotatable bonds is 8. The quantitative estimate of drug-likeness (QED) is 0.773. The number of hydrogen-bond acceptors (Lipinski definition) is 4. The van der Waals surface area contributed by atoms with Gasteiger partial charge >= 0.3 is 0 Å². The normalized spacial score (nSPS) is 17.8. The van der Waals surface area contributed by atoms with Crippen molar-refractivity contribution in [3.8, 4) is 0 Å². The van der Waals surface area contributed by atoms with Gasteiger partial charge in [-0.3, -0.25) is 0 Å². The predicted octanol–water partition coefficient (Wildman–Crippen LogP) is 2.23. The third-order valence-electron chi connectivity index (χ3n) is 3.68. The van der Waals surface area contributed by atoms with E-state index in [-0.39, 0.29) is 0 Å². The molecule has 0 radical (unpaired) electrons. The Bertz CT molecular complexity index is 410. The lowest BCUT2D eigenvalue weighted by atomic mass is 10.0. The summed E-state index contributed by atoms with van der Waals surface area (Å²) in [6, 6.07) is 7.58. The molecule has 21 heavy (non-hydrogen) atoms. The molecule has 0 spiro atoms. The molecule has 2 N–H and O–H groups in total. The molecule has 1 heterocycles. The first kappa shape index (κ1) is 16.7. The lowest BCUT2D eigenvalue weighted by Crippen LogP contribution is -2.35. The Morgan fingerprint density at radius 3 is 2.86 bits per heavy atom. The molecule has 5 heteroatoms. The second kappa shape index (κ2) is 9.38. The van der Waals surface area contributed by atoms with Crippen LogP contribution in [0.25, 0.3) is 0 Å². The van der Waals surface area contributed by atoms with Crippen LogP contribution in [0.1, 0.15) is 18.4 Å². The topological polar surface area (TPSA) is 50.7 Å². The van der Waals surface area contributed by atoms with Gasteiger partial charge in [0.2, 0.25) is 0 Å². The molecule has 1 aliphatic rings. The van der Waals surface area contributed by atoms with Gasteiger partial charge in [0.1, 0.15) is 0 Å². The molecule has 0 saturated carbocycles. The van der Waals surface area contributed by atoms with Gasteiger partial charge in [-0.2, -0.15) is 0 Å². The second-order valence-electron chi connectivity index (χ2n) is 5.47.